The number of piperazine rings is 1. The predicted octanol–water partition coefficient (Wildman–Crippen LogP) is 2.16. The van der Waals surface area contributed by atoms with E-state index in [1.54, 1.807) is 16.4 Å². The van der Waals surface area contributed by atoms with Crippen LogP contribution in [-0.2, 0) is 10.0 Å². The Hall–Kier alpha value is -0.140. The Morgan fingerprint density at radius 3 is 2.74 bits per heavy atom. The molecule has 0 bridgehead atoms. The van der Waals surface area contributed by atoms with Crippen LogP contribution in [0.3, 0.4) is 0 Å². The summed E-state index contributed by atoms with van der Waals surface area (Å²) in [5.74, 6) is 0. The Morgan fingerprint density at radius 2 is 2.11 bits per heavy atom. The lowest BCUT2D eigenvalue weighted by Crippen LogP contribution is -2.51. The maximum atomic E-state index is 12.6. The van der Waals surface area contributed by atoms with Crippen molar-refractivity contribution in [2.45, 2.75) is 24.8 Å². The molecule has 0 amide bonds. The summed E-state index contributed by atoms with van der Waals surface area (Å²) >= 11 is 3.33. The number of benzene rings is 1. The van der Waals surface area contributed by atoms with Gasteiger partial charge in [-0.1, -0.05) is 6.07 Å². The zero-order valence-electron chi connectivity index (χ0n) is 10.9. The van der Waals surface area contributed by atoms with Gasteiger partial charge in [-0.15, -0.1) is 12.4 Å². The van der Waals surface area contributed by atoms with Crippen molar-refractivity contribution in [3.8, 4) is 0 Å². The van der Waals surface area contributed by atoms with Crippen molar-refractivity contribution in [3.05, 3.63) is 28.2 Å². The van der Waals surface area contributed by atoms with Crippen LogP contribution in [0, 0.1) is 6.92 Å². The highest BCUT2D eigenvalue weighted by Crippen LogP contribution is 2.26. The predicted molar refractivity (Wildman–Crippen MR) is 82.4 cm³/mol. The van der Waals surface area contributed by atoms with E-state index in [1.165, 1.54) is 0 Å². The Morgan fingerprint density at radius 1 is 1.42 bits per heavy atom. The smallest absolute Gasteiger partial charge is 0.244 e. The molecule has 7 heteroatoms. The van der Waals surface area contributed by atoms with Gasteiger partial charge < -0.3 is 5.32 Å². The van der Waals surface area contributed by atoms with Crippen molar-refractivity contribution in [2.75, 3.05) is 19.6 Å². The van der Waals surface area contributed by atoms with Crippen molar-refractivity contribution in [1.82, 2.24) is 9.62 Å². The summed E-state index contributed by atoms with van der Waals surface area (Å²) in [7, 11) is -3.40. The maximum absolute atomic E-state index is 12.6. The molecule has 1 atom stereocenters. The molecule has 1 saturated heterocycles. The molecule has 4 nitrogen and oxygen atoms in total. The molecule has 0 spiro atoms. The van der Waals surface area contributed by atoms with Gasteiger partial charge in [0.15, 0.2) is 0 Å². The number of sulfonamides is 1. The van der Waals surface area contributed by atoms with Crippen LogP contribution in [0.4, 0.5) is 0 Å². The number of halogens is 2. The van der Waals surface area contributed by atoms with E-state index >= 15 is 0 Å². The van der Waals surface area contributed by atoms with Gasteiger partial charge in [0.25, 0.3) is 0 Å². The fourth-order valence-corrected chi connectivity index (χ4v) is 4.60. The van der Waals surface area contributed by atoms with Crippen molar-refractivity contribution in [2.24, 2.45) is 0 Å². The second kappa shape index (κ2) is 6.54. The van der Waals surface area contributed by atoms with Crippen LogP contribution in [0.5, 0.6) is 0 Å². The van der Waals surface area contributed by atoms with Gasteiger partial charge in [0.1, 0.15) is 0 Å². The quantitative estimate of drug-likeness (QED) is 0.869. The summed E-state index contributed by atoms with van der Waals surface area (Å²) in [6, 6.07) is 5.58. The standard InChI is InChI=1S/C12H17BrN2O2S.ClH/c1-9-3-4-11(13)12(7-9)18(16,17)15-6-5-14-10(2)8-15;/h3-4,7,10,14H,5-6,8H2,1-2H3;1H. The summed E-state index contributed by atoms with van der Waals surface area (Å²) in [4.78, 5) is 0.358. The Labute approximate surface area is 129 Å². The molecule has 1 N–H and O–H groups in total. The van der Waals surface area contributed by atoms with Gasteiger partial charge >= 0.3 is 0 Å². The molecule has 1 aromatic carbocycles. The average Bonchev–Trinajstić information content (AvgIpc) is 2.32. The summed E-state index contributed by atoms with van der Waals surface area (Å²) in [5.41, 5.74) is 0.944. The van der Waals surface area contributed by atoms with Gasteiger partial charge in [-0.2, -0.15) is 4.31 Å². The minimum atomic E-state index is -3.40. The first-order chi connectivity index (χ1) is 8.41. The van der Waals surface area contributed by atoms with Crippen LogP contribution in [0.15, 0.2) is 27.6 Å². The number of hydrogen-bond acceptors (Lipinski definition) is 3. The Bertz CT molecular complexity index is 551. The number of aryl methyl sites for hydroxylation is 1. The van der Waals surface area contributed by atoms with Gasteiger partial charge in [-0.3, -0.25) is 0 Å². The highest BCUT2D eigenvalue weighted by Gasteiger charge is 2.29. The van der Waals surface area contributed by atoms with E-state index in [2.05, 4.69) is 21.2 Å². The minimum absolute atomic E-state index is 0. The average molecular weight is 370 g/mol. The molecule has 19 heavy (non-hydrogen) atoms. The van der Waals surface area contributed by atoms with Crippen LogP contribution >= 0.6 is 28.3 Å². The van der Waals surface area contributed by atoms with Gasteiger partial charge in [0.05, 0.1) is 4.90 Å². The SMILES string of the molecule is Cc1ccc(Br)c(S(=O)(=O)N2CCNC(C)C2)c1.Cl. The molecule has 0 aliphatic carbocycles. The lowest BCUT2D eigenvalue weighted by molar-refractivity contribution is 0.310. The van der Waals surface area contributed by atoms with E-state index in [4.69, 9.17) is 0 Å². The van der Waals surface area contributed by atoms with E-state index in [0.717, 1.165) is 5.56 Å². The van der Waals surface area contributed by atoms with E-state index in [1.807, 2.05) is 19.9 Å². The Kier molecular flexibility index (Phi) is 5.82. The summed E-state index contributed by atoms with van der Waals surface area (Å²) in [6.45, 7) is 5.62. The fourth-order valence-electron chi connectivity index (χ4n) is 2.06. The maximum Gasteiger partial charge on any atom is 0.244 e. The molecule has 1 aliphatic rings. The molecule has 0 radical (unpaired) electrons. The molecule has 1 fully saturated rings. The first kappa shape index (κ1) is 16.9. The van der Waals surface area contributed by atoms with Gasteiger partial charge in [-0.05, 0) is 47.5 Å². The third kappa shape index (κ3) is 3.70. The number of rotatable bonds is 2. The molecule has 108 valence electrons. The normalized spacial score (nSPS) is 20.9. The third-order valence-corrected chi connectivity index (χ3v) is 5.90. The molecule has 1 heterocycles. The zero-order chi connectivity index (χ0) is 13.3. The van der Waals surface area contributed by atoms with Crippen LogP contribution in [0.25, 0.3) is 0 Å². The topological polar surface area (TPSA) is 49.4 Å². The van der Waals surface area contributed by atoms with E-state index in [-0.39, 0.29) is 18.4 Å². The third-order valence-electron chi connectivity index (χ3n) is 3.04. The van der Waals surface area contributed by atoms with E-state index in [0.29, 0.717) is 29.0 Å². The van der Waals surface area contributed by atoms with Gasteiger partial charge in [-0.25, -0.2) is 8.42 Å². The van der Waals surface area contributed by atoms with Crippen LogP contribution in [-0.4, -0.2) is 38.4 Å². The largest absolute Gasteiger partial charge is 0.312 e. The zero-order valence-corrected chi connectivity index (χ0v) is 14.1. The van der Waals surface area contributed by atoms with Crippen LogP contribution in [0.2, 0.25) is 0 Å². The van der Waals surface area contributed by atoms with Crippen LogP contribution in [0.1, 0.15) is 12.5 Å². The molecular weight excluding hydrogens is 352 g/mol. The molecule has 2 rings (SSSR count). The molecule has 1 unspecified atom stereocenters. The Balaban J connectivity index is 0.00000180. The summed E-state index contributed by atoms with van der Waals surface area (Å²) in [5, 5.41) is 3.24. The summed E-state index contributed by atoms with van der Waals surface area (Å²) < 4.78 is 27.3. The first-order valence-corrected chi connectivity index (χ1v) is 8.14. The van der Waals surface area contributed by atoms with E-state index in [9.17, 15) is 8.42 Å². The van der Waals surface area contributed by atoms with Gasteiger partial charge in [0.2, 0.25) is 10.0 Å². The second-order valence-corrected chi connectivity index (χ2v) is 7.41. The van der Waals surface area contributed by atoms with Crippen molar-refractivity contribution in [1.29, 1.82) is 0 Å². The minimum Gasteiger partial charge on any atom is -0.312 e. The highest BCUT2D eigenvalue weighted by atomic mass is 79.9. The lowest BCUT2D eigenvalue weighted by atomic mass is 10.2. The lowest BCUT2D eigenvalue weighted by Gasteiger charge is -2.31. The fraction of sp³-hybridized carbons (Fsp3) is 0.500. The second-order valence-electron chi connectivity index (χ2n) is 4.65. The monoisotopic (exact) mass is 368 g/mol. The van der Waals surface area contributed by atoms with Crippen molar-refractivity contribution < 1.29 is 8.42 Å². The molecule has 0 aromatic heterocycles. The van der Waals surface area contributed by atoms with E-state index < -0.39 is 10.0 Å². The number of nitrogens with zero attached hydrogens (tertiary/aromatic N) is 1. The molecule has 1 aromatic rings. The first-order valence-electron chi connectivity index (χ1n) is 5.91. The molecule has 1 aliphatic heterocycles. The van der Waals surface area contributed by atoms with Crippen LogP contribution < -0.4 is 5.32 Å². The molecule has 0 saturated carbocycles. The number of hydrogen-bond donors (Lipinski definition) is 1. The number of nitrogens with one attached hydrogen (secondary N) is 1. The van der Waals surface area contributed by atoms with Crippen molar-refractivity contribution >= 4 is 38.4 Å². The molecular formula is C12H18BrClN2O2S. The van der Waals surface area contributed by atoms with Gasteiger partial charge in [0, 0.05) is 30.1 Å². The highest BCUT2D eigenvalue weighted by molar-refractivity contribution is 9.10. The summed E-state index contributed by atoms with van der Waals surface area (Å²) in [6.07, 6.45) is 0. The van der Waals surface area contributed by atoms with Crippen molar-refractivity contribution in [3.63, 3.8) is 0 Å².